The molecule has 2 aliphatic carbocycles. The normalized spacial score (nSPS) is 27.9. The van der Waals surface area contributed by atoms with Crippen LogP contribution in [-0.2, 0) is 22.0 Å². The monoisotopic (exact) mass is 537 g/mol. The minimum absolute atomic E-state index is 0.0652. The summed E-state index contributed by atoms with van der Waals surface area (Å²) in [6.45, 7) is -0.785. The van der Waals surface area contributed by atoms with Gasteiger partial charge in [0.25, 0.3) is 0 Å². The molecule has 2 fully saturated rings. The Labute approximate surface area is 229 Å². The van der Waals surface area contributed by atoms with E-state index in [2.05, 4.69) is 30.4 Å². The third kappa shape index (κ3) is 3.91. The smallest absolute Gasteiger partial charge is 0.407 e. The van der Waals surface area contributed by atoms with E-state index in [1.165, 1.54) is 17.9 Å². The van der Waals surface area contributed by atoms with E-state index in [-0.39, 0.29) is 30.1 Å². The van der Waals surface area contributed by atoms with Crippen LogP contribution in [-0.4, -0.2) is 54.0 Å². The van der Waals surface area contributed by atoms with Crippen LogP contribution >= 0.6 is 0 Å². The molecule has 2 saturated carbocycles. The fourth-order valence-corrected chi connectivity index (χ4v) is 5.76. The van der Waals surface area contributed by atoms with E-state index in [0.717, 1.165) is 11.8 Å². The van der Waals surface area contributed by atoms with Crippen molar-refractivity contribution in [3.05, 3.63) is 41.1 Å². The summed E-state index contributed by atoms with van der Waals surface area (Å²) in [5, 5.41) is 10.8. The van der Waals surface area contributed by atoms with Crippen molar-refractivity contribution in [1.82, 2.24) is 34.2 Å². The van der Waals surface area contributed by atoms with Crippen molar-refractivity contribution in [2.75, 3.05) is 12.4 Å². The fourth-order valence-electron chi connectivity index (χ4n) is 5.76. The lowest BCUT2D eigenvalue weighted by atomic mass is 10.1. The molecule has 204 valence electrons. The topological polar surface area (TPSA) is 164 Å². The highest BCUT2D eigenvalue weighted by molar-refractivity contribution is 5.89. The first kappa shape index (κ1) is 20.5. The average molecular weight is 538 g/mol. The number of primary amides is 1. The number of aromatic nitrogens is 6. The number of anilines is 2. The van der Waals surface area contributed by atoms with Crippen molar-refractivity contribution < 1.29 is 19.8 Å². The van der Waals surface area contributed by atoms with Gasteiger partial charge in [0, 0.05) is 34.6 Å². The molecule has 4 heterocycles. The molecular formula is C26H31N9O4. The quantitative estimate of drug-likeness (QED) is 0.323. The summed E-state index contributed by atoms with van der Waals surface area (Å²) in [6.07, 6.45) is 4.18. The molecule has 4 atom stereocenters. The Balaban J connectivity index is 1.38. The number of carbonyl (C=O) groups is 2. The maximum atomic E-state index is 13.5. The summed E-state index contributed by atoms with van der Waals surface area (Å²) in [5.41, 5.74) is 4.97. The number of fused-ring (bicyclic) bond motifs is 2. The molecule has 0 radical (unpaired) electrons. The number of amides is 2. The molecule has 0 unspecified atom stereocenters. The molecule has 6 rings (SSSR count). The fraction of sp³-hybridized carbons (Fsp3) is 0.462. The Morgan fingerprint density at radius 1 is 1.28 bits per heavy atom. The highest BCUT2D eigenvalue weighted by atomic mass is 16.5. The molecule has 2 amide bonds. The number of pyridine rings is 2. The van der Waals surface area contributed by atoms with Crippen LogP contribution in [0.25, 0.3) is 22.1 Å². The van der Waals surface area contributed by atoms with Crippen molar-refractivity contribution in [2.45, 2.75) is 56.6 Å². The number of hydrogen-bond acceptors (Lipinski definition) is 8. The van der Waals surface area contributed by atoms with Crippen LogP contribution in [0.1, 0.15) is 50.6 Å². The number of carbonyl (C=O) groups excluding carboxylic acids is 2. The number of nitrogens with two attached hydrogens (primary N) is 1. The highest BCUT2D eigenvalue weighted by Gasteiger charge is 2.61. The van der Waals surface area contributed by atoms with Gasteiger partial charge in [-0.3, -0.25) is 13.9 Å². The molecule has 0 spiro atoms. The standard InChI is InChI=1S/C26H31N9O4/c1-4-15-11-26(15,23(27)36)35-22-14(12-29-35)5-8-20(32-22)31-21-10-18-19(13-28-21)33(2)25(38)34(18)17-7-6-16(9-17)30-24(37)39-3/h5,8,10,12-13,15-17H,4,6-7,9,11H2,1-3H3,(H2,27,36)(H,30,37)(H,28,31,32)/t15-,16+,17+,26-/m0/s1/i2D3,16D. The van der Waals surface area contributed by atoms with Crippen LogP contribution in [0.15, 0.2) is 35.4 Å². The second kappa shape index (κ2) is 9.10. The van der Waals surface area contributed by atoms with Gasteiger partial charge >= 0.3 is 11.8 Å². The molecule has 2 aliphatic rings. The lowest BCUT2D eigenvalue weighted by Crippen LogP contribution is -2.37. The third-order valence-electron chi connectivity index (χ3n) is 7.89. The van der Waals surface area contributed by atoms with Crippen LogP contribution in [0.2, 0.25) is 0 Å². The molecule has 39 heavy (non-hydrogen) atoms. The van der Waals surface area contributed by atoms with Gasteiger partial charge in [0.2, 0.25) is 5.91 Å². The average Bonchev–Trinajstić information content (AvgIpc) is 3.16. The van der Waals surface area contributed by atoms with Crippen LogP contribution in [0.3, 0.4) is 0 Å². The molecule has 13 nitrogen and oxygen atoms in total. The van der Waals surface area contributed by atoms with Crippen molar-refractivity contribution in [2.24, 2.45) is 18.6 Å². The van der Waals surface area contributed by atoms with E-state index < -0.39 is 42.3 Å². The Bertz CT molecular complexity index is 1830. The van der Waals surface area contributed by atoms with Crippen molar-refractivity contribution in [1.29, 1.82) is 0 Å². The Kier molecular flexibility index (Phi) is 4.79. The van der Waals surface area contributed by atoms with E-state index in [4.69, 9.17) is 11.2 Å². The number of hydrogen-bond donors (Lipinski definition) is 3. The van der Waals surface area contributed by atoms with Crippen molar-refractivity contribution >= 4 is 45.7 Å². The first-order valence-electron chi connectivity index (χ1n) is 14.7. The van der Waals surface area contributed by atoms with Gasteiger partial charge in [-0.1, -0.05) is 13.3 Å². The van der Waals surface area contributed by atoms with Crippen LogP contribution in [0.4, 0.5) is 16.4 Å². The van der Waals surface area contributed by atoms with Gasteiger partial charge in [-0.05, 0) is 43.7 Å². The highest BCUT2D eigenvalue weighted by Crippen LogP contribution is 2.52. The van der Waals surface area contributed by atoms with Gasteiger partial charge < -0.3 is 21.1 Å². The lowest BCUT2D eigenvalue weighted by Gasteiger charge is -2.15. The summed E-state index contributed by atoms with van der Waals surface area (Å²) in [5.74, 6) is 0.272. The van der Waals surface area contributed by atoms with E-state index in [0.29, 0.717) is 34.4 Å². The van der Waals surface area contributed by atoms with Crippen LogP contribution < -0.4 is 22.1 Å². The number of imidazole rings is 1. The predicted octanol–water partition coefficient (Wildman–Crippen LogP) is 2.28. The van der Waals surface area contributed by atoms with Crippen LogP contribution in [0, 0.1) is 5.92 Å². The van der Waals surface area contributed by atoms with Crippen molar-refractivity contribution in [3.63, 3.8) is 0 Å². The summed E-state index contributed by atoms with van der Waals surface area (Å²) in [4.78, 5) is 46.8. The second-order valence-corrected chi connectivity index (χ2v) is 10.1. The molecule has 0 aromatic carbocycles. The Morgan fingerprint density at radius 2 is 2.13 bits per heavy atom. The molecule has 4 aromatic heterocycles. The summed E-state index contributed by atoms with van der Waals surface area (Å²) >= 11 is 0. The summed E-state index contributed by atoms with van der Waals surface area (Å²) in [6, 6.07) is 3.11. The molecule has 4 aromatic rings. The summed E-state index contributed by atoms with van der Waals surface area (Å²) in [7, 11) is 1.20. The third-order valence-corrected chi connectivity index (χ3v) is 7.89. The second-order valence-electron chi connectivity index (χ2n) is 10.1. The first-order chi connectivity index (χ1) is 20.3. The minimum atomic E-state index is -2.78. The van der Waals surface area contributed by atoms with Gasteiger partial charge in [-0.25, -0.2) is 24.2 Å². The van der Waals surface area contributed by atoms with Crippen molar-refractivity contribution in [3.8, 4) is 0 Å². The minimum Gasteiger partial charge on any atom is -0.453 e. The molecule has 13 heteroatoms. The maximum Gasteiger partial charge on any atom is 0.407 e. The predicted molar refractivity (Wildman–Crippen MR) is 144 cm³/mol. The largest absolute Gasteiger partial charge is 0.453 e. The number of methoxy groups -OCH3 is 1. The number of alkyl carbamates (subject to hydrolysis) is 1. The zero-order chi connectivity index (χ0) is 30.9. The zero-order valence-corrected chi connectivity index (χ0v) is 21.5. The molecule has 0 aliphatic heterocycles. The maximum absolute atomic E-state index is 13.5. The lowest BCUT2D eigenvalue weighted by molar-refractivity contribution is -0.123. The number of rotatable bonds is 7. The van der Waals surface area contributed by atoms with E-state index >= 15 is 0 Å². The van der Waals surface area contributed by atoms with Gasteiger partial charge in [-0.2, -0.15) is 5.10 Å². The molecule has 0 saturated heterocycles. The molecule has 4 N–H and O–H groups in total. The SMILES string of the molecule is [2H]C([2H])([2H])n1c(=O)n([C@@H]2CC[C@@]([2H])(NC(=O)OC)C2)c2cc(Nc3ccc4cnn([C@@]5(C(N)=O)C[C@@H]5CC)c4n3)ncc21. The van der Waals surface area contributed by atoms with Gasteiger partial charge in [0.15, 0.2) is 5.65 Å². The first-order valence-corrected chi connectivity index (χ1v) is 12.7. The van der Waals surface area contributed by atoms with Crippen LogP contribution in [0.5, 0.6) is 0 Å². The molecule has 0 bridgehead atoms. The van der Waals surface area contributed by atoms with Gasteiger partial charge in [0.05, 0.1) is 31.9 Å². The van der Waals surface area contributed by atoms with Gasteiger partial charge in [-0.15, -0.1) is 0 Å². The van der Waals surface area contributed by atoms with E-state index in [1.54, 1.807) is 29.1 Å². The Morgan fingerprint density at radius 3 is 2.85 bits per heavy atom. The Hall–Kier alpha value is -4.42. The number of nitrogens with one attached hydrogen (secondary N) is 2. The number of nitrogens with zero attached hydrogens (tertiary/aromatic N) is 6. The summed E-state index contributed by atoms with van der Waals surface area (Å²) < 4.78 is 40.9. The van der Waals surface area contributed by atoms with E-state index in [1.807, 2.05) is 6.92 Å². The van der Waals surface area contributed by atoms with Gasteiger partial charge in [0.1, 0.15) is 17.2 Å². The zero-order valence-electron chi connectivity index (χ0n) is 25.5. The van der Waals surface area contributed by atoms with E-state index in [9.17, 15) is 14.4 Å². The molecular weight excluding hydrogens is 502 g/mol. The number of aryl methyl sites for hydroxylation is 1. The number of ether oxygens (including phenoxy) is 1.